The van der Waals surface area contributed by atoms with Gasteiger partial charge < -0.3 is 15.0 Å². The third-order valence-corrected chi connectivity index (χ3v) is 3.31. The molecular formula is C12H20N2O2S. The molecule has 0 amide bonds. The number of hydrogen-bond acceptors (Lipinski definition) is 4. The molecule has 1 aromatic rings. The lowest BCUT2D eigenvalue weighted by Crippen LogP contribution is -2.22. The van der Waals surface area contributed by atoms with Gasteiger partial charge >= 0.3 is 5.97 Å². The number of rotatable bonds is 7. The minimum atomic E-state index is -0.327. The number of H-pyrrole nitrogens is 1. The van der Waals surface area contributed by atoms with E-state index in [1.807, 2.05) is 17.8 Å². The highest BCUT2D eigenvalue weighted by molar-refractivity contribution is 7.98. The van der Waals surface area contributed by atoms with Gasteiger partial charge in [0, 0.05) is 12.2 Å². The number of thioether (sulfide) groups is 1. The largest absolute Gasteiger partial charge is 0.464 e. The van der Waals surface area contributed by atoms with Crippen LogP contribution in [0.25, 0.3) is 0 Å². The second-order valence-corrected chi connectivity index (χ2v) is 4.99. The summed E-state index contributed by atoms with van der Waals surface area (Å²) in [6.45, 7) is 3.95. The maximum Gasteiger partial charge on any atom is 0.354 e. The van der Waals surface area contributed by atoms with Crippen LogP contribution < -0.4 is 5.32 Å². The van der Waals surface area contributed by atoms with Gasteiger partial charge in [-0.1, -0.05) is 6.92 Å². The summed E-state index contributed by atoms with van der Waals surface area (Å²) >= 11 is 1.86. The predicted molar refractivity (Wildman–Crippen MR) is 71.4 cm³/mol. The third kappa shape index (κ3) is 4.83. The van der Waals surface area contributed by atoms with Crippen molar-refractivity contribution in [3.05, 3.63) is 23.5 Å². The van der Waals surface area contributed by atoms with Crippen molar-refractivity contribution in [3.63, 3.8) is 0 Å². The molecule has 2 N–H and O–H groups in total. The first-order chi connectivity index (χ1) is 8.17. The number of methoxy groups -OCH3 is 1. The van der Waals surface area contributed by atoms with Gasteiger partial charge in [-0.3, -0.25) is 0 Å². The van der Waals surface area contributed by atoms with E-state index in [0.717, 1.165) is 24.5 Å². The zero-order valence-electron chi connectivity index (χ0n) is 10.6. The van der Waals surface area contributed by atoms with Crippen molar-refractivity contribution in [3.8, 4) is 0 Å². The van der Waals surface area contributed by atoms with E-state index in [0.29, 0.717) is 11.6 Å². The van der Waals surface area contributed by atoms with Crippen LogP contribution in [0, 0.1) is 5.92 Å². The Bertz CT molecular complexity index is 352. The van der Waals surface area contributed by atoms with Crippen LogP contribution in [0.1, 0.15) is 23.1 Å². The fraction of sp³-hybridized carbons (Fsp3) is 0.583. The number of hydrogen-bond donors (Lipinski definition) is 2. The number of ether oxygens (including phenoxy) is 1. The van der Waals surface area contributed by atoms with E-state index in [2.05, 4.69) is 28.2 Å². The molecule has 0 saturated heterocycles. The molecule has 96 valence electrons. The maximum atomic E-state index is 11.2. The second kappa shape index (κ2) is 7.40. The Morgan fingerprint density at radius 2 is 2.35 bits per heavy atom. The van der Waals surface area contributed by atoms with Crippen LogP contribution in [0.5, 0.6) is 0 Å². The van der Waals surface area contributed by atoms with Crippen LogP contribution in [0.15, 0.2) is 12.1 Å². The maximum absolute atomic E-state index is 11.2. The molecule has 1 heterocycles. The summed E-state index contributed by atoms with van der Waals surface area (Å²) in [5, 5.41) is 3.36. The zero-order chi connectivity index (χ0) is 12.7. The molecule has 5 heteroatoms. The Labute approximate surface area is 107 Å². The van der Waals surface area contributed by atoms with Crippen LogP contribution in [0.3, 0.4) is 0 Å². The van der Waals surface area contributed by atoms with Crippen LogP contribution in [0.4, 0.5) is 0 Å². The predicted octanol–water partition coefficient (Wildman–Crippen LogP) is 1.89. The summed E-state index contributed by atoms with van der Waals surface area (Å²) in [7, 11) is 1.38. The van der Waals surface area contributed by atoms with E-state index in [-0.39, 0.29) is 5.97 Å². The van der Waals surface area contributed by atoms with Gasteiger partial charge in [0.05, 0.1) is 7.11 Å². The molecule has 17 heavy (non-hydrogen) atoms. The van der Waals surface area contributed by atoms with Crippen molar-refractivity contribution >= 4 is 17.7 Å². The van der Waals surface area contributed by atoms with Crippen molar-refractivity contribution < 1.29 is 9.53 Å². The molecule has 0 aliphatic heterocycles. The summed E-state index contributed by atoms with van der Waals surface area (Å²) in [6.07, 6.45) is 2.12. The third-order valence-electron chi connectivity index (χ3n) is 2.41. The smallest absolute Gasteiger partial charge is 0.354 e. The van der Waals surface area contributed by atoms with E-state index in [4.69, 9.17) is 0 Å². The van der Waals surface area contributed by atoms with Crippen molar-refractivity contribution in [2.75, 3.05) is 25.7 Å². The molecule has 0 aliphatic rings. The Morgan fingerprint density at radius 3 is 3.00 bits per heavy atom. The van der Waals surface area contributed by atoms with Crippen LogP contribution in [0.2, 0.25) is 0 Å². The fourth-order valence-corrected chi connectivity index (χ4v) is 2.26. The summed E-state index contributed by atoms with van der Waals surface area (Å²) in [5.74, 6) is 1.48. The number of nitrogens with one attached hydrogen (secondary N) is 2. The Kier molecular flexibility index (Phi) is 6.15. The van der Waals surface area contributed by atoms with Crippen LogP contribution >= 0.6 is 11.8 Å². The number of carbonyl (C=O) groups is 1. The molecule has 1 rings (SSSR count). The van der Waals surface area contributed by atoms with E-state index < -0.39 is 0 Å². The van der Waals surface area contributed by atoms with Gasteiger partial charge in [-0.2, -0.15) is 11.8 Å². The Hall–Kier alpha value is -0.940. The number of esters is 1. The van der Waals surface area contributed by atoms with Gasteiger partial charge in [0.1, 0.15) is 5.69 Å². The SMILES string of the molecule is COC(=O)c1ccc(CNCC(C)CSC)[nH]1. The van der Waals surface area contributed by atoms with Gasteiger partial charge in [-0.05, 0) is 36.6 Å². The van der Waals surface area contributed by atoms with E-state index in [1.165, 1.54) is 7.11 Å². The molecule has 0 radical (unpaired) electrons. The van der Waals surface area contributed by atoms with E-state index in [9.17, 15) is 4.79 Å². The normalized spacial score (nSPS) is 12.4. The van der Waals surface area contributed by atoms with Gasteiger partial charge in [-0.25, -0.2) is 4.79 Å². The number of aromatic amines is 1. The summed E-state index contributed by atoms with van der Waals surface area (Å²) < 4.78 is 4.63. The van der Waals surface area contributed by atoms with Crippen molar-refractivity contribution in [2.24, 2.45) is 5.92 Å². The molecule has 0 spiro atoms. The Balaban J connectivity index is 2.32. The van der Waals surface area contributed by atoms with Gasteiger partial charge in [0.25, 0.3) is 0 Å². The molecule has 0 aliphatic carbocycles. The molecule has 4 nitrogen and oxygen atoms in total. The highest BCUT2D eigenvalue weighted by Gasteiger charge is 2.07. The lowest BCUT2D eigenvalue weighted by Gasteiger charge is -2.10. The first-order valence-corrected chi connectivity index (χ1v) is 7.02. The first kappa shape index (κ1) is 14.1. The Morgan fingerprint density at radius 1 is 1.59 bits per heavy atom. The van der Waals surface area contributed by atoms with Crippen molar-refractivity contribution in [2.45, 2.75) is 13.5 Å². The molecule has 1 atom stereocenters. The second-order valence-electron chi connectivity index (χ2n) is 4.08. The molecular weight excluding hydrogens is 236 g/mol. The first-order valence-electron chi connectivity index (χ1n) is 5.63. The highest BCUT2D eigenvalue weighted by Crippen LogP contribution is 2.05. The molecule has 1 aromatic heterocycles. The highest BCUT2D eigenvalue weighted by atomic mass is 32.2. The standard InChI is InChI=1S/C12H20N2O2S/c1-9(8-17-3)6-13-7-10-4-5-11(14-10)12(15)16-2/h4-5,9,13-14H,6-8H2,1-3H3. The van der Waals surface area contributed by atoms with Crippen molar-refractivity contribution in [1.29, 1.82) is 0 Å². The summed E-state index contributed by atoms with van der Waals surface area (Å²) in [6, 6.07) is 3.65. The topological polar surface area (TPSA) is 54.1 Å². The van der Waals surface area contributed by atoms with Crippen LogP contribution in [-0.4, -0.2) is 36.6 Å². The molecule has 0 saturated carbocycles. The lowest BCUT2D eigenvalue weighted by molar-refractivity contribution is 0.0594. The fourth-order valence-electron chi connectivity index (χ4n) is 1.57. The molecule has 1 unspecified atom stereocenters. The van der Waals surface area contributed by atoms with Gasteiger partial charge in [0.15, 0.2) is 0 Å². The van der Waals surface area contributed by atoms with Gasteiger partial charge in [0.2, 0.25) is 0 Å². The number of aromatic nitrogens is 1. The van der Waals surface area contributed by atoms with Gasteiger partial charge in [-0.15, -0.1) is 0 Å². The average Bonchev–Trinajstić information content (AvgIpc) is 2.77. The molecule has 0 fully saturated rings. The monoisotopic (exact) mass is 256 g/mol. The molecule has 0 bridgehead atoms. The minimum absolute atomic E-state index is 0.327. The zero-order valence-corrected chi connectivity index (χ0v) is 11.4. The quantitative estimate of drug-likeness (QED) is 0.732. The lowest BCUT2D eigenvalue weighted by atomic mass is 10.2. The van der Waals surface area contributed by atoms with E-state index >= 15 is 0 Å². The van der Waals surface area contributed by atoms with Crippen LogP contribution in [-0.2, 0) is 11.3 Å². The summed E-state index contributed by atoms with van der Waals surface area (Å²) in [4.78, 5) is 14.2. The van der Waals surface area contributed by atoms with Crippen molar-refractivity contribution in [1.82, 2.24) is 10.3 Å². The minimum Gasteiger partial charge on any atom is -0.464 e. The van der Waals surface area contributed by atoms with E-state index in [1.54, 1.807) is 6.07 Å². The number of carbonyl (C=O) groups excluding carboxylic acids is 1. The molecule has 0 aromatic carbocycles. The summed E-state index contributed by atoms with van der Waals surface area (Å²) in [5.41, 5.74) is 1.50. The average molecular weight is 256 g/mol.